The minimum absolute atomic E-state index is 0.0823. The summed E-state index contributed by atoms with van der Waals surface area (Å²) in [4.78, 5) is 14.4. The summed E-state index contributed by atoms with van der Waals surface area (Å²) in [6.45, 7) is 2.45. The molecule has 4 rings (SSSR count). The number of ether oxygens (including phenoxy) is 1. The van der Waals surface area contributed by atoms with Gasteiger partial charge in [-0.05, 0) is 25.0 Å². The summed E-state index contributed by atoms with van der Waals surface area (Å²) < 4.78 is 21.8. The quantitative estimate of drug-likeness (QED) is 0.714. The Kier molecular flexibility index (Phi) is 6.26. The van der Waals surface area contributed by atoms with Crippen LogP contribution in [0, 0.1) is 5.82 Å². The number of hydrogen-bond donors (Lipinski definition) is 0. The molecular formula is C20H25FN4O2S. The predicted octanol–water partition coefficient (Wildman–Crippen LogP) is 3.54. The van der Waals surface area contributed by atoms with Crippen molar-refractivity contribution in [2.24, 2.45) is 0 Å². The monoisotopic (exact) mass is 404 g/mol. The standard InChI is InChI=1S/C20H25FN4O2S/c21-17-9-5-4-8-16(17)19-22-23-20(25(19)15-6-2-1-3-7-15)28-14-18(26)24-10-12-27-13-11-24/h4-5,8-9,15H,1-3,6-7,10-14H2. The van der Waals surface area contributed by atoms with Crippen molar-refractivity contribution in [2.45, 2.75) is 43.3 Å². The molecule has 0 bridgehead atoms. The second kappa shape index (κ2) is 9.05. The molecule has 0 N–H and O–H groups in total. The molecule has 0 unspecified atom stereocenters. The van der Waals surface area contributed by atoms with E-state index in [1.54, 1.807) is 12.1 Å². The van der Waals surface area contributed by atoms with Crippen LogP contribution < -0.4 is 0 Å². The van der Waals surface area contributed by atoms with Crippen LogP contribution in [0.25, 0.3) is 11.4 Å². The summed E-state index contributed by atoms with van der Waals surface area (Å²) >= 11 is 1.40. The molecule has 1 amide bonds. The van der Waals surface area contributed by atoms with Gasteiger partial charge in [0.15, 0.2) is 11.0 Å². The Labute approximate surface area is 168 Å². The third-order valence-corrected chi connectivity index (χ3v) is 6.34. The highest BCUT2D eigenvalue weighted by molar-refractivity contribution is 7.99. The summed E-state index contributed by atoms with van der Waals surface area (Å²) in [6.07, 6.45) is 5.59. The Bertz CT molecular complexity index is 816. The van der Waals surface area contributed by atoms with Crippen molar-refractivity contribution < 1.29 is 13.9 Å². The molecule has 28 heavy (non-hydrogen) atoms. The Morgan fingerprint density at radius 1 is 1.14 bits per heavy atom. The molecule has 0 radical (unpaired) electrons. The lowest BCUT2D eigenvalue weighted by molar-refractivity contribution is -0.132. The molecule has 1 saturated carbocycles. The number of aromatic nitrogens is 3. The van der Waals surface area contributed by atoms with E-state index in [1.165, 1.54) is 24.2 Å². The van der Waals surface area contributed by atoms with Crippen LogP contribution in [0.4, 0.5) is 4.39 Å². The van der Waals surface area contributed by atoms with E-state index in [9.17, 15) is 9.18 Å². The summed E-state index contributed by atoms with van der Waals surface area (Å²) in [5.41, 5.74) is 0.465. The van der Waals surface area contributed by atoms with Gasteiger partial charge in [0.05, 0.1) is 24.5 Å². The van der Waals surface area contributed by atoms with Gasteiger partial charge >= 0.3 is 0 Å². The van der Waals surface area contributed by atoms with Crippen LogP contribution in [0.3, 0.4) is 0 Å². The molecule has 1 aliphatic carbocycles. The third-order valence-electron chi connectivity index (χ3n) is 5.41. The first-order valence-electron chi connectivity index (χ1n) is 9.92. The van der Waals surface area contributed by atoms with Gasteiger partial charge in [0.2, 0.25) is 5.91 Å². The summed E-state index contributed by atoms with van der Waals surface area (Å²) in [6, 6.07) is 6.93. The molecule has 1 aromatic carbocycles. The number of carbonyl (C=O) groups is 1. The summed E-state index contributed by atoms with van der Waals surface area (Å²) in [7, 11) is 0. The molecule has 2 aliphatic rings. The van der Waals surface area contributed by atoms with Gasteiger partial charge in [0.1, 0.15) is 5.82 Å². The van der Waals surface area contributed by atoms with Gasteiger partial charge in [-0.3, -0.25) is 9.36 Å². The second-order valence-electron chi connectivity index (χ2n) is 7.23. The van der Waals surface area contributed by atoms with Gasteiger partial charge in [0, 0.05) is 19.1 Å². The average Bonchev–Trinajstić information content (AvgIpc) is 3.17. The lowest BCUT2D eigenvalue weighted by atomic mass is 9.95. The number of morpholine rings is 1. The van der Waals surface area contributed by atoms with Gasteiger partial charge < -0.3 is 9.64 Å². The number of carbonyl (C=O) groups excluding carboxylic acids is 1. The zero-order valence-electron chi connectivity index (χ0n) is 15.8. The molecule has 150 valence electrons. The number of benzene rings is 1. The summed E-state index contributed by atoms with van der Waals surface area (Å²) in [5, 5.41) is 9.36. The van der Waals surface area contributed by atoms with Crippen LogP contribution >= 0.6 is 11.8 Å². The molecule has 1 aliphatic heterocycles. The number of amides is 1. The zero-order valence-corrected chi connectivity index (χ0v) is 16.7. The largest absolute Gasteiger partial charge is 0.378 e. The van der Waals surface area contributed by atoms with Gasteiger partial charge in [-0.25, -0.2) is 4.39 Å². The number of halogens is 1. The number of thioether (sulfide) groups is 1. The van der Waals surface area contributed by atoms with Gasteiger partial charge in [-0.2, -0.15) is 0 Å². The van der Waals surface area contributed by atoms with E-state index in [4.69, 9.17) is 4.74 Å². The number of hydrogen-bond acceptors (Lipinski definition) is 5. The first kappa shape index (κ1) is 19.4. The predicted molar refractivity (Wildman–Crippen MR) is 106 cm³/mol. The minimum Gasteiger partial charge on any atom is -0.378 e. The van der Waals surface area contributed by atoms with Crippen LogP contribution in [-0.2, 0) is 9.53 Å². The van der Waals surface area contributed by atoms with E-state index in [0.29, 0.717) is 48.6 Å². The van der Waals surface area contributed by atoms with Gasteiger partial charge in [-0.15, -0.1) is 10.2 Å². The zero-order chi connectivity index (χ0) is 19.3. The minimum atomic E-state index is -0.298. The van der Waals surface area contributed by atoms with Crippen molar-refractivity contribution in [2.75, 3.05) is 32.1 Å². The smallest absolute Gasteiger partial charge is 0.233 e. The molecule has 2 aromatic rings. The van der Waals surface area contributed by atoms with Gasteiger partial charge in [-0.1, -0.05) is 43.2 Å². The van der Waals surface area contributed by atoms with Crippen molar-refractivity contribution in [3.63, 3.8) is 0 Å². The highest BCUT2D eigenvalue weighted by Gasteiger charge is 2.26. The Morgan fingerprint density at radius 2 is 1.89 bits per heavy atom. The number of rotatable bonds is 5. The molecule has 1 aromatic heterocycles. The average molecular weight is 405 g/mol. The first-order valence-corrected chi connectivity index (χ1v) is 10.9. The van der Waals surface area contributed by atoms with Crippen LogP contribution in [0.2, 0.25) is 0 Å². The normalized spacial score (nSPS) is 18.4. The van der Waals surface area contributed by atoms with E-state index >= 15 is 0 Å². The Hall–Kier alpha value is -1.93. The molecule has 0 spiro atoms. The molecular weight excluding hydrogens is 379 g/mol. The van der Waals surface area contributed by atoms with E-state index in [-0.39, 0.29) is 17.8 Å². The van der Waals surface area contributed by atoms with E-state index < -0.39 is 0 Å². The number of nitrogens with zero attached hydrogens (tertiary/aromatic N) is 4. The van der Waals surface area contributed by atoms with Gasteiger partial charge in [0.25, 0.3) is 0 Å². The lowest BCUT2D eigenvalue weighted by Gasteiger charge is -2.27. The van der Waals surface area contributed by atoms with Crippen LogP contribution in [-0.4, -0.2) is 57.6 Å². The SMILES string of the molecule is O=C(CSc1nnc(-c2ccccc2F)n1C1CCCCC1)N1CCOCC1. The fraction of sp³-hybridized carbons (Fsp3) is 0.550. The molecule has 6 nitrogen and oxygen atoms in total. The fourth-order valence-corrected chi connectivity index (χ4v) is 4.81. The van der Waals surface area contributed by atoms with E-state index in [1.807, 2.05) is 11.0 Å². The maximum atomic E-state index is 14.4. The van der Waals surface area contributed by atoms with Crippen LogP contribution in [0.5, 0.6) is 0 Å². The van der Waals surface area contributed by atoms with Crippen LogP contribution in [0.15, 0.2) is 29.4 Å². The molecule has 2 heterocycles. The maximum absolute atomic E-state index is 14.4. The first-order chi connectivity index (χ1) is 13.7. The molecule has 2 fully saturated rings. The molecule has 8 heteroatoms. The van der Waals surface area contributed by atoms with Crippen LogP contribution in [0.1, 0.15) is 38.1 Å². The third kappa shape index (κ3) is 4.22. The molecule has 1 saturated heterocycles. The van der Waals surface area contributed by atoms with Crippen molar-refractivity contribution in [3.05, 3.63) is 30.1 Å². The van der Waals surface area contributed by atoms with Crippen molar-refractivity contribution >= 4 is 17.7 Å². The topological polar surface area (TPSA) is 60.2 Å². The molecule has 0 atom stereocenters. The lowest BCUT2D eigenvalue weighted by Crippen LogP contribution is -2.41. The fourth-order valence-electron chi connectivity index (χ4n) is 3.90. The Morgan fingerprint density at radius 3 is 2.64 bits per heavy atom. The van der Waals surface area contributed by atoms with Crippen molar-refractivity contribution in [1.82, 2.24) is 19.7 Å². The maximum Gasteiger partial charge on any atom is 0.233 e. The highest BCUT2D eigenvalue weighted by Crippen LogP contribution is 2.36. The Balaban J connectivity index is 1.58. The highest BCUT2D eigenvalue weighted by atomic mass is 32.2. The van der Waals surface area contributed by atoms with E-state index in [0.717, 1.165) is 25.7 Å². The second-order valence-corrected chi connectivity index (χ2v) is 8.17. The van der Waals surface area contributed by atoms with Crippen molar-refractivity contribution in [1.29, 1.82) is 0 Å². The van der Waals surface area contributed by atoms with E-state index in [2.05, 4.69) is 14.8 Å². The summed E-state index contributed by atoms with van der Waals surface area (Å²) in [5.74, 6) is 0.653. The van der Waals surface area contributed by atoms with Crippen molar-refractivity contribution in [3.8, 4) is 11.4 Å².